The molecule has 1 heteroatoms. The van der Waals surface area contributed by atoms with Crippen LogP contribution in [0.15, 0.2) is 24.3 Å². The zero-order chi connectivity index (χ0) is 14.8. The van der Waals surface area contributed by atoms with E-state index in [1.165, 1.54) is 43.2 Å². The van der Waals surface area contributed by atoms with Crippen LogP contribution < -0.4 is 0 Å². The highest BCUT2D eigenvalue weighted by atomic mass is 16.3. The second-order valence-corrected chi connectivity index (χ2v) is 8.96. The molecule has 0 unspecified atom stereocenters. The Kier molecular flexibility index (Phi) is 2.86. The maximum absolute atomic E-state index is 11.6. The molecule has 0 atom stereocenters. The third-order valence-corrected chi connectivity index (χ3v) is 6.60. The minimum atomic E-state index is -0.538. The fourth-order valence-electron chi connectivity index (χ4n) is 5.61. The van der Waals surface area contributed by atoms with Gasteiger partial charge in [-0.3, -0.25) is 0 Å². The van der Waals surface area contributed by atoms with Gasteiger partial charge in [0.15, 0.2) is 0 Å². The molecular formula is C20H28O. The highest BCUT2D eigenvalue weighted by molar-refractivity contribution is 5.33. The molecule has 4 bridgehead atoms. The first-order valence-corrected chi connectivity index (χ1v) is 8.70. The molecule has 0 saturated heterocycles. The van der Waals surface area contributed by atoms with Crippen molar-refractivity contribution in [2.75, 3.05) is 0 Å². The van der Waals surface area contributed by atoms with Gasteiger partial charge in [0, 0.05) is 0 Å². The topological polar surface area (TPSA) is 20.2 Å². The van der Waals surface area contributed by atoms with E-state index >= 15 is 0 Å². The monoisotopic (exact) mass is 284 g/mol. The summed E-state index contributed by atoms with van der Waals surface area (Å²) < 4.78 is 0. The molecular weight excluding hydrogens is 256 g/mol. The summed E-state index contributed by atoms with van der Waals surface area (Å²) in [5, 5.41) is 11.6. The molecule has 1 aromatic carbocycles. The third kappa shape index (κ3) is 2.00. The average molecular weight is 284 g/mol. The van der Waals surface area contributed by atoms with Gasteiger partial charge in [-0.2, -0.15) is 0 Å². The van der Waals surface area contributed by atoms with E-state index in [2.05, 4.69) is 45.0 Å². The number of rotatable bonds is 1. The molecule has 0 heterocycles. The van der Waals surface area contributed by atoms with E-state index in [4.69, 9.17) is 0 Å². The lowest BCUT2D eigenvalue weighted by atomic mass is 9.48. The summed E-state index contributed by atoms with van der Waals surface area (Å²) in [6.07, 6.45) is 6.45. The quantitative estimate of drug-likeness (QED) is 0.797. The fourth-order valence-corrected chi connectivity index (χ4v) is 5.61. The van der Waals surface area contributed by atoms with Crippen molar-refractivity contribution in [2.45, 2.75) is 63.9 Å². The van der Waals surface area contributed by atoms with Crippen LogP contribution in [0.2, 0.25) is 0 Å². The van der Waals surface area contributed by atoms with Crippen LogP contribution in [0.1, 0.15) is 64.0 Å². The molecule has 4 fully saturated rings. The number of aliphatic hydroxyl groups is 1. The molecule has 0 aromatic heterocycles. The van der Waals surface area contributed by atoms with Gasteiger partial charge in [0.25, 0.3) is 0 Å². The van der Waals surface area contributed by atoms with Gasteiger partial charge in [-0.05, 0) is 72.3 Å². The van der Waals surface area contributed by atoms with Crippen molar-refractivity contribution in [1.29, 1.82) is 0 Å². The molecule has 1 N–H and O–H groups in total. The van der Waals surface area contributed by atoms with E-state index in [0.29, 0.717) is 11.8 Å². The van der Waals surface area contributed by atoms with Gasteiger partial charge in [0.2, 0.25) is 0 Å². The largest absolute Gasteiger partial charge is 0.385 e. The second-order valence-electron chi connectivity index (χ2n) is 8.96. The van der Waals surface area contributed by atoms with Crippen molar-refractivity contribution in [1.82, 2.24) is 0 Å². The lowest BCUT2D eigenvalue weighted by Gasteiger charge is -2.59. The van der Waals surface area contributed by atoms with Gasteiger partial charge >= 0.3 is 0 Å². The Morgan fingerprint density at radius 1 is 0.857 bits per heavy atom. The summed E-state index contributed by atoms with van der Waals surface area (Å²) in [5.41, 5.74) is 2.19. The van der Waals surface area contributed by atoms with E-state index in [-0.39, 0.29) is 5.41 Å². The predicted molar refractivity (Wildman–Crippen MR) is 86.1 cm³/mol. The van der Waals surface area contributed by atoms with E-state index in [1.54, 1.807) is 0 Å². The minimum Gasteiger partial charge on any atom is -0.385 e. The zero-order valence-electron chi connectivity index (χ0n) is 13.6. The van der Waals surface area contributed by atoms with Crippen LogP contribution in [0.25, 0.3) is 0 Å². The Labute approximate surface area is 128 Å². The van der Waals surface area contributed by atoms with Gasteiger partial charge in [-0.1, -0.05) is 45.0 Å². The number of hydrogen-bond acceptors (Lipinski definition) is 1. The lowest BCUT2D eigenvalue weighted by molar-refractivity contribution is -0.179. The standard InChI is InChI=1S/C20H28O/c1-19(2,3)15-4-6-16(7-5-15)20(21)17-9-13-8-14(11-17)12-18(20)10-13/h4-7,13-14,17-18,21H,8-12H2,1-3H3. The summed E-state index contributed by atoms with van der Waals surface area (Å²) in [6, 6.07) is 8.89. The van der Waals surface area contributed by atoms with E-state index in [1.807, 2.05) is 0 Å². The highest BCUT2D eigenvalue weighted by Gasteiger charge is 2.57. The van der Waals surface area contributed by atoms with Crippen LogP contribution in [0.5, 0.6) is 0 Å². The van der Waals surface area contributed by atoms with Crippen LogP contribution in [0, 0.1) is 23.7 Å². The molecule has 114 valence electrons. The molecule has 0 radical (unpaired) electrons. The van der Waals surface area contributed by atoms with Gasteiger partial charge in [-0.25, -0.2) is 0 Å². The number of benzene rings is 1. The highest BCUT2D eigenvalue weighted by Crippen LogP contribution is 2.61. The van der Waals surface area contributed by atoms with Crippen molar-refractivity contribution in [2.24, 2.45) is 23.7 Å². The van der Waals surface area contributed by atoms with Crippen molar-refractivity contribution >= 4 is 0 Å². The number of hydrogen-bond donors (Lipinski definition) is 1. The first kappa shape index (κ1) is 13.8. The Morgan fingerprint density at radius 3 is 1.76 bits per heavy atom. The molecule has 21 heavy (non-hydrogen) atoms. The van der Waals surface area contributed by atoms with Crippen LogP contribution in [-0.4, -0.2) is 5.11 Å². The Bertz CT molecular complexity index is 506. The molecule has 4 aliphatic carbocycles. The maximum atomic E-state index is 11.6. The summed E-state index contributed by atoms with van der Waals surface area (Å²) >= 11 is 0. The first-order chi connectivity index (χ1) is 9.87. The fraction of sp³-hybridized carbons (Fsp3) is 0.700. The van der Waals surface area contributed by atoms with Gasteiger partial charge in [-0.15, -0.1) is 0 Å². The molecule has 4 aliphatic rings. The Balaban J connectivity index is 1.69. The van der Waals surface area contributed by atoms with Crippen LogP contribution in [-0.2, 0) is 11.0 Å². The molecule has 0 aliphatic heterocycles. The van der Waals surface area contributed by atoms with Crippen molar-refractivity contribution < 1.29 is 5.11 Å². The van der Waals surface area contributed by atoms with Crippen LogP contribution in [0.4, 0.5) is 0 Å². The molecule has 0 spiro atoms. The summed E-state index contributed by atoms with van der Waals surface area (Å²) in [6.45, 7) is 6.75. The Hall–Kier alpha value is -0.820. The maximum Gasteiger partial charge on any atom is 0.0952 e. The average Bonchev–Trinajstić information content (AvgIpc) is 2.43. The van der Waals surface area contributed by atoms with Crippen molar-refractivity contribution in [3.05, 3.63) is 35.4 Å². The second kappa shape index (κ2) is 4.35. The minimum absolute atomic E-state index is 0.186. The van der Waals surface area contributed by atoms with Crippen LogP contribution in [0.3, 0.4) is 0 Å². The lowest BCUT2D eigenvalue weighted by Crippen LogP contribution is -2.55. The van der Waals surface area contributed by atoms with E-state index < -0.39 is 5.60 Å². The molecule has 1 aromatic rings. The van der Waals surface area contributed by atoms with E-state index in [0.717, 1.165) is 11.8 Å². The van der Waals surface area contributed by atoms with Gasteiger partial charge in [0.05, 0.1) is 5.60 Å². The summed E-state index contributed by atoms with van der Waals surface area (Å²) in [5.74, 6) is 2.83. The van der Waals surface area contributed by atoms with Gasteiger partial charge < -0.3 is 5.11 Å². The smallest absolute Gasteiger partial charge is 0.0952 e. The normalized spacial score (nSPS) is 41.5. The molecule has 5 rings (SSSR count). The Morgan fingerprint density at radius 2 is 1.33 bits per heavy atom. The molecule has 0 amide bonds. The van der Waals surface area contributed by atoms with Crippen molar-refractivity contribution in [3.63, 3.8) is 0 Å². The summed E-state index contributed by atoms with van der Waals surface area (Å²) in [7, 11) is 0. The molecule has 1 nitrogen and oxygen atoms in total. The van der Waals surface area contributed by atoms with E-state index in [9.17, 15) is 5.11 Å². The predicted octanol–water partition coefficient (Wildman–Crippen LogP) is 4.63. The van der Waals surface area contributed by atoms with Crippen molar-refractivity contribution in [3.8, 4) is 0 Å². The van der Waals surface area contributed by atoms with Crippen LogP contribution >= 0.6 is 0 Å². The zero-order valence-corrected chi connectivity index (χ0v) is 13.6. The molecule has 4 saturated carbocycles. The SMILES string of the molecule is CC(C)(C)c1ccc(C2(O)C3CC4CC(C3)CC2C4)cc1. The third-order valence-electron chi connectivity index (χ3n) is 6.60. The summed E-state index contributed by atoms with van der Waals surface area (Å²) in [4.78, 5) is 0. The van der Waals surface area contributed by atoms with Gasteiger partial charge in [0.1, 0.15) is 0 Å². The first-order valence-electron chi connectivity index (χ1n) is 8.70.